The molecule has 0 bridgehead atoms. The highest BCUT2D eigenvalue weighted by Gasteiger charge is 1.99. The molecule has 0 saturated heterocycles. The fourth-order valence-electron chi connectivity index (χ4n) is 1.26. The summed E-state index contributed by atoms with van der Waals surface area (Å²) in [6.07, 6.45) is 1.56. The normalized spacial score (nSPS) is 8.90. The Morgan fingerprint density at radius 3 is 2.50 bits per heavy atom. The van der Waals surface area contributed by atoms with Crippen molar-refractivity contribution >= 4 is 11.4 Å². The topological polar surface area (TPSA) is 107 Å². The quantitative estimate of drug-likeness (QED) is 0.669. The minimum Gasteiger partial charge on any atom is -0.438 e. The number of anilines is 1. The molecular weight excluding hydrogens is 256 g/mol. The highest BCUT2D eigenvalue weighted by Crippen LogP contribution is 2.20. The maximum absolute atomic E-state index is 8.54. The average Bonchev–Trinajstić information content (AvgIpc) is 2.51. The number of nitrogens with zero attached hydrogens (tertiary/aromatic N) is 5. The number of ether oxygens (including phenoxy) is 1. The summed E-state index contributed by atoms with van der Waals surface area (Å²) in [4.78, 5) is 0. The summed E-state index contributed by atoms with van der Waals surface area (Å²) in [5, 5.41) is 28.2. The zero-order valence-electron chi connectivity index (χ0n) is 10.2. The molecule has 1 N–H and O–H groups in total. The van der Waals surface area contributed by atoms with Crippen molar-refractivity contribution in [2.45, 2.75) is 0 Å². The van der Waals surface area contributed by atoms with Gasteiger partial charge in [-0.25, -0.2) is 0 Å². The van der Waals surface area contributed by atoms with Gasteiger partial charge in [0.15, 0.2) is 0 Å². The van der Waals surface area contributed by atoms with Crippen molar-refractivity contribution in [1.82, 2.24) is 10.2 Å². The Morgan fingerprint density at radius 1 is 1.15 bits per heavy atom. The van der Waals surface area contributed by atoms with E-state index in [1.54, 1.807) is 54.7 Å². The Bertz CT molecular complexity index is 666. The molecule has 1 aromatic carbocycles. The van der Waals surface area contributed by atoms with Crippen LogP contribution in [0.4, 0.5) is 5.69 Å². The number of aromatic nitrogens is 2. The molecule has 0 saturated carbocycles. The van der Waals surface area contributed by atoms with Crippen LogP contribution in [0.15, 0.2) is 47.7 Å². The molecule has 0 aliphatic rings. The molecular formula is C13H8N6O. The lowest BCUT2D eigenvalue weighted by Gasteiger charge is -2.04. The molecule has 7 nitrogen and oxygen atoms in total. The van der Waals surface area contributed by atoms with E-state index in [1.165, 1.54) is 0 Å². The van der Waals surface area contributed by atoms with Gasteiger partial charge >= 0.3 is 0 Å². The second-order valence-electron chi connectivity index (χ2n) is 3.48. The fourth-order valence-corrected chi connectivity index (χ4v) is 1.26. The van der Waals surface area contributed by atoms with Crippen LogP contribution >= 0.6 is 0 Å². The Hall–Kier alpha value is -3.45. The SMILES string of the molecule is N#CC(C#N)=NNc1ccc(Oc2cccnn2)cc1. The van der Waals surface area contributed by atoms with Gasteiger partial charge in [-0.3, -0.25) is 5.43 Å². The molecule has 7 heteroatoms. The Labute approximate surface area is 114 Å². The van der Waals surface area contributed by atoms with Crippen LogP contribution in [0.1, 0.15) is 0 Å². The molecule has 0 aliphatic carbocycles. The number of hydrogen-bond donors (Lipinski definition) is 1. The maximum Gasteiger partial charge on any atom is 0.238 e. The van der Waals surface area contributed by atoms with E-state index in [9.17, 15) is 0 Å². The number of hydrogen-bond acceptors (Lipinski definition) is 7. The second kappa shape index (κ2) is 6.47. The third-order valence-electron chi connectivity index (χ3n) is 2.13. The number of hydrazone groups is 1. The van der Waals surface area contributed by atoms with Gasteiger partial charge in [-0.15, -0.1) is 5.10 Å². The zero-order valence-corrected chi connectivity index (χ0v) is 10.2. The molecule has 0 unspecified atom stereocenters. The summed E-state index contributed by atoms with van der Waals surface area (Å²) in [5.74, 6) is 0.975. The van der Waals surface area contributed by atoms with Crippen molar-refractivity contribution in [3.63, 3.8) is 0 Å². The third-order valence-corrected chi connectivity index (χ3v) is 2.13. The van der Waals surface area contributed by atoms with Crippen molar-refractivity contribution in [2.24, 2.45) is 5.10 Å². The predicted octanol–water partition coefficient (Wildman–Crippen LogP) is 2.08. The zero-order chi connectivity index (χ0) is 14.2. The lowest BCUT2D eigenvalue weighted by Crippen LogP contribution is -1.96. The molecule has 96 valence electrons. The first-order chi connectivity index (χ1) is 9.81. The van der Waals surface area contributed by atoms with Crippen molar-refractivity contribution < 1.29 is 4.74 Å². The van der Waals surface area contributed by atoms with Gasteiger partial charge in [0.05, 0.1) is 5.69 Å². The lowest BCUT2D eigenvalue weighted by atomic mass is 10.3. The summed E-state index contributed by atoms with van der Waals surface area (Å²) in [6, 6.07) is 13.5. The summed E-state index contributed by atoms with van der Waals surface area (Å²) >= 11 is 0. The van der Waals surface area contributed by atoms with Crippen molar-refractivity contribution in [3.8, 4) is 23.8 Å². The first-order valence-electron chi connectivity index (χ1n) is 5.51. The molecule has 0 atom stereocenters. The monoisotopic (exact) mass is 264 g/mol. The van der Waals surface area contributed by atoms with Gasteiger partial charge < -0.3 is 4.74 Å². The van der Waals surface area contributed by atoms with E-state index in [-0.39, 0.29) is 5.71 Å². The molecule has 2 rings (SSSR count). The van der Waals surface area contributed by atoms with E-state index >= 15 is 0 Å². The summed E-state index contributed by atoms with van der Waals surface area (Å²) in [5.41, 5.74) is 2.98. The Kier molecular flexibility index (Phi) is 4.21. The lowest BCUT2D eigenvalue weighted by molar-refractivity contribution is 0.455. The number of rotatable bonds is 4. The largest absolute Gasteiger partial charge is 0.438 e. The van der Waals surface area contributed by atoms with Crippen molar-refractivity contribution in [2.75, 3.05) is 5.43 Å². The molecule has 0 radical (unpaired) electrons. The minimum atomic E-state index is -0.245. The molecule has 2 aromatic rings. The minimum absolute atomic E-state index is 0.245. The molecule has 1 heterocycles. The molecule has 20 heavy (non-hydrogen) atoms. The van der Waals surface area contributed by atoms with Gasteiger partial charge in [-0.1, -0.05) is 0 Å². The highest BCUT2D eigenvalue weighted by atomic mass is 16.5. The van der Waals surface area contributed by atoms with E-state index in [2.05, 4.69) is 20.7 Å². The van der Waals surface area contributed by atoms with Gasteiger partial charge in [0, 0.05) is 12.3 Å². The van der Waals surface area contributed by atoms with E-state index in [0.29, 0.717) is 17.3 Å². The van der Waals surface area contributed by atoms with Gasteiger partial charge in [0.2, 0.25) is 11.6 Å². The van der Waals surface area contributed by atoms with Crippen LogP contribution in [0.5, 0.6) is 11.6 Å². The first kappa shape index (κ1) is 13.0. The second-order valence-corrected chi connectivity index (χ2v) is 3.48. The van der Waals surface area contributed by atoms with Crippen LogP contribution in [0, 0.1) is 22.7 Å². The molecule has 0 aliphatic heterocycles. The van der Waals surface area contributed by atoms with Gasteiger partial charge in [-0.2, -0.15) is 20.7 Å². The van der Waals surface area contributed by atoms with Gasteiger partial charge in [-0.05, 0) is 30.3 Å². The standard InChI is InChI=1S/C13H8N6O/c14-8-11(9-15)18-17-10-3-5-12(6-4-10)20-13-2-1-7-16-19-13/h1-7,17H. The molecule has 0 amide bonds. The Balaban J connectivity index is 2.02. The summed E-state index contributed by atoms with van der Waals surface area (Å²) in [7, 11) is 0. The average molecular weight is 264 g/mol. The number of benzene rings is 1. The van der Waals surface area contributed by atoms with E-state index in [1.807, 2.05) is 0 Å². The van der Waals surface area contributed by atoms with Gasteiger partial charge in [0.25, 0.3) is 0 Å². The molecule has 0 spiro atoms. The van der Waals surface area contributed by atoms with Crippen molar-refractivity contribution in [1.29, 1.82) is 10.5 Å². The van der Waals surface area contributed by atoms with Crippen LogP contribution in [-0.4, -0.2) is 15.9 Å². The van der Waals surface area contributed by atoms with E-state index in [4.69, 9.17) is 15.3 Å². The smallest absolute Gasteiger partial charge is 0.238 e. The number of nitriles is 2. The first-order valence-corrected chi connectivity index (χ1v) is 5.51. The molecule has 1 aromatic heterocycles. The molecule has 0 fully saturated rings. The van der Waals surface area contributed by atoms with Crippen LogP contribution in [-0.2, 0) is 0 Å². The van der Waals surface area contributed by atoms with Crippen LogP contribution in [0.25, 0.3) is 0 Å². The summed E-state index contributed by atoms with van der Waals surface area (Å²) in [6.45, 7) is 0. The fraction of sp³-hybridized carbons (Fsp3) is 0. The van der Waals surface area contributed by atoms with Gasteiger partial charge in [0.1, 0.15) is 17.9 Å². The number of nitrogens with one attached hydrogen (secondary N) is 1. The Morgan fingerprint density at radius 2 is 1.90 bits per heavy atom. The van der Waals surface area contributed by atoms with Crippen molar-refractivity contribution in [3.05, 3.63) is 42.6 Å². The maximum atomic E-state index is 8.54. The van der Waals surface area contributed by atoms with E-state index < -0.39 is 0 Å². The predicted molar refractivity (Wildman–Crippen MR) is 70.8 cm³/mol. The third kappa shape index (κ3) is 3.52. The van der Waals surface area contributed by atoms with Crippen LogP contribution in [0.2, 0.25) is 0 Å². The van der Waals surface area contributed by atoms with Crippen LogP contribution in [0.3, 0.4) is 0 Å². The van der Waals surface area contributed by atoms with E-state index in [0.717, 1.165) is 0 Å². The highest BCUT2D eigenvalue weighted by molar-refractivity contribution is 6.10. The van der Waals surface area contributed by atoms with Crippen LogP contribution < -0.4 is 10.2 Å². The summed E-state index contributed by atoms with van der Waals surface area (Å²) < 4.78 is 5.46.